The van der Waals surface area contributed by atoms with Gasteiger partial charge in [-0.05, 0) is 13.0 Å². The van der Waals surface area contributed by atoms with E-state index in [0.717, 1.165) is 18.1 Å². The maximum absolute atomic E-state index is 10.8. The second-order valence-corrected chi connectivity index (χ2v) is 5.82. The lowest BCUT2D eigenvalue weighted by molar-refractivity contribution is -0.116. The maximum atomic E-state index is 10.8. The van der Waals surface area contributed by atoms with Crippen LogP contribution in [0.25, 0.3) is 0 Å². The Morgan fingerprint density at radius 1 is 1.31 bits per heavy atom. The van der Waals surface area contributed by atoms with Gasteiger partial charge in [0.2, 0.25) is 5.91 Å². The average molecular weight is 260 g/mol. The lowest BCUT2D eigenvalue weighted by Crippen LogP contribution is -2.25. The third-order valence-corrected chi connectivity index (χ3v) is 4.17. The fourth-order valence-electron chi connectivity index (χ4n) is 0.818. The van der Waals surface area contributed by atoms with Crippen LogP contribution in [0.3, 0.4) is 0 Å². The van der Waals surface area contributed by atoms with E-state index in [9.17, 15) is 4.79 Å². The van der Waals surface area contributed by atoms with E-state index < -0.39 is 0 Å². The predicted octanol–water partition coefficient (Wildman–Crippen LogP) is 1.83. The third-order valence-electron chi connectivity index (χ3n) is 1.76. The smallest absolute Gasteiger partial charge is 0.243 e. The first kappa shape index (κ1) is 15.6. The lowest BCUT2D eigenvalue weighted by Gasteiger charge is -2.07. The van der Waals surface area contributed by atoms with Crippen LogP contribution in [-0.4, -0.2) is 36.5 Å². The Hall–Kier alpha value is -0.390. The fraction of sp³-hybridized carbons (Fsp3) is 0.545. The molecular formula is C11H20N2OS2. The highest BCUT2D eigenvalue weighted by molar-refractivity contribution is 8.76. The van der Waals surface area contributed by atoms with Crippen LogP contribution in [0.15, 0.2) is 25.3 Å². The van der Waals surface area contributed by atoms with E-state index >= 15 is 0 Å². The van der Waals surface area contributed by atoms with Crippen LogP contribution in [0.5, 0.6) is 0 Å². The summed E-state index contributed by atoms with van der Waals surface area (Å²) >= 11 is 0. The van der Waals surface area contributed by atoms with Gasteiger partial charge >= 0.3 is 0 Å². The van der Waals surface area contributed by atoms with Crippen molar-refractivity contribution in [1.82, 2.24) is 10.6 Å². The van der Waals surface area contributed by atoms with Crippen molar-refractivity contribution in [1.29, 1.82) is 0 Å². The highest BCUT2D eigenvalue weighted by atomic mass is 33.1. The Morgan fingerprint density at radius 2 is 1.94 bits per heavy atom. The van der Waals surface area contributed by atoms with Crippen LogP contribution in [0, 0.1) is 0 Å². The van der Waals surface area contributed by atoms with Crippen molar-refractivity contribution in [2.45, 2.75) is 13.0 Å². The first-order valence-corrected chi connectivity index (χ1v) is 7.70. The number of hydrogen-bond donors (Lipinski definition) is 2. The van der Waals surface area contributed by atoms with Gasteiger partial charge in [0.1, 0.15) is 0 Å². The minimum Gasteiger partial charge on any atom is -0.352 e. The van der Waals surface area contributed by atoms with Gasteiger partial charge in [-0.3, -0.25) is 4.79 Å². The molecule has 0 saturated carbocycles. The van der Waals surface area contributed by atoms with Crippen molar-refractivity contribution < 1.29 is 4.79 Å². The minimum absolute atomic E-state index is 0.105. The van der Waals surface area contributed by atoms with Gasteiger partial charge in [-0.25, -0.2) is 0 Å². The predicted molar refractivity (Wildman–Crippen MR) is 75.8 cm³/mol. The Kier molecular flexibility index (Phi) is 10.8. The third kappa shape index (κ3) is 10.1. The van der Waals surface area contributed by atoms with Crippen LogP contribution in [0.1, 0.15) is 6.92 Å². The SMILES string of the molecule is C=CC(=O)NCCSSCCNC(C)C=C. The molecule has 5 heteroatoms. The molecule has 3 nitrogen and oxygen atoms in total. The molecule has 0 aliphatic rings. The summed E-state index contributed by atoms with van der Waals surface area (Å²) in [6.07, 6.45) is 3.18. The van der Waals surface area contributed by atoms with Crippen molar-refractivity contribution >= 4 is 27.5 Å². The Balaban J connectivity index is 3.12. The molecule has 92 valence electrons. The standard InChI is InChI=1S/C11H20N2OS2/c1-4-10(3)12-6-8-15-16-9-7-13-11(14)5-2/h4-5,10,12H,1-2,6-9H2,3H3,(H,13,14). The number of nitrogens with one attached hydrogen (secondary N) is 2. The largest absolute Gasteiger partial charge is 0.352 e. The second kappa shape index (κ2) is 11.1. The summed E-state index contributed by atoms with van der Waals surface area (Å²) in [5.41, 5.74) is 0. The molecule has 0 aromatic carbocycles. The molecule has 0 aliphatic heterocycles. The molecule has 0 radical (unpaired) electrons. The van der Waals surface area contributed by atoms with Crippen molar-refractivity contribution in [3.05, 3.63) is 25.3 Å². The number of rotatable bonds is 10. The average Bonchev–Trinajstić information content (AvgIpc) is 2.31. The van der Waals surface area contributed by atoms with E-state index in [4.69, 9.17) is 0 Å². The van der Waals surface area contributed by atoms with Gasteiger partial charge in [-0.1, -0.05) is 34.2 Å². The molecule has 0 aromatic heterocycles. The topological polar surface area (TPSA) is 41.1 Å². The second-order valence-electron chi connectivity index (χ2n) is 3.12. The first-order valence-electron chi connectivity index (χ1n) is 5.21. The van der Waals surface area contributed by atoms with Crippen molar-refractivity contribution in [3.8, 4) is 0 Å². The number of carbonyl (C=O) groups excluding carboxylic acids is 1. The summed E-state index contributed by atoms with van der Waals surface area (Å²) < 4.78 is 0. The monoisotopic (exact) mass is 260 g/mol. The highest BCUT2D eigenvalue weighted by Gasteiger charge is 1.96. The van der Waals surface area contributed by atoms with Gasteiger partial charge in [0.05, 0.1) is 0 Å². The van der Waals surface area contributed by atoms with Crippen LogP contribution in [0.4, 0.5) is 0 Å². The van der Waals surface area contributed by atoms with Crippen molar-refractivity contribution in [3.63, 3.8) is 0 Å². The van der Waals surface area contributed by atoms with Crippen LogP contribution >= 0.6 is 21.6 Å². The van der Waals surface area contributed by atoms with Crippen LogP contribution < -0.4 is 10.6 Å². The fourth-order valence-corrected chi connectivity index (χ4v) is 2.65. The molecule has 0 spiro atoms. The number of hydrogen-bond acceptors (Lipinski definition) is 4. The normalized spacial score (nSPS) is 11.8. The van der Waals surface area contributed by atoms with Crippen molar-refractivity contribution in [2.75, 3.05) is 24.6 Å². The van der Waals surface area contributed by atoms with E-state index in [1.54, 1.807) is 10.8 Å². The first-order chi connectivity index (χ1) is 7.70. The zero-order chi connectivity index (χ0) is 12.2. The Morgan fingerprint density at radius 3 is 2.50 bits per heavy atom. The van der Waals surface area contributed by atoms with Gasteiger partial charge in [0.25, 0.3) is 0 Å². The highest BCUT2D eigenvalue weighted by Crippen LogP contribution is 2.19. The molecule has 0 bridgehead atoms. The molecule has 0 fully saturated rings. The number of carbonyl (C=O) groups is 1. The summed E-state index contributed by atoms with van der Waals surface area (Å²) in [6.45, 7) is 10.8. The molecule has 1 unspecified atom stereocenters. The molecule has 0 aliphatic carbocycles. The molecule has 1 atom stereocenters. The van der Waals surface area contributed by atoms with E-state index in [-0.39, 0.29) is 5.91 Å². The van der Waals surface area contributed by atoms with Crippen LogP contribution in [-0.2, 0) is 4.79 Å². The van der Waals surface area contributed by atoms with Gasteiger partial charge in [-0.2, -0.15) is 0 Å². The van der Waals surface area contributed by atoms with E-state index in [1.807, 2.05) is 16.9 Å². The summed E-state index contributed by atoms with van der Waals surface area (Å²) in [5, 5.41) is 6.05. The maximum Gasteiger partial charge on any atom is 0.243 e. The zero-order valence-electron chi connectivity index (χ0n) is 9.70. The molecule has 0 heterocycles. The molecule has 0 saturated heterocycles. The van der Waals surface area contributed by atoms with Crippen molar-refractivity contribution in [2.24, 2.45) is 0 Å². The van der Waals surface area contributed by atoms with E-state index in [1.165, 1.54) is 6.08 Å². The van der Waals surface area contributed by atoms with E-state index in [0.29, 0.717) is 12.6 Å². The summed E-state index contributed by atoms with van der Waals surface area (Å²) in [4.78, 5) is 10.8. The molecule has 1 amide bonds. The summed E-state index contributed by atoms with van der Waals surface area (Å²) in [6, 6.07) is 0.373. The van der Waals surface area contributed by atoms with Gasteiger partial charge in [0.15, 0.2) is 0 Å². The van der Waals surface area contributed by atoms with Gasteiger partial charge in [0, 0.05) is 30.6 Å². The van der Waals surface area contributed by atoms with E-state index in [2.05, 4.69) is 30.7 Å². The summed E-state index contributed by atoms with van der Waals surface area (Å²) in [5.74, 6) is 1.87. The molecule has 16 heavy (non-hydrogen) atoms. The van der Waals surface area contributed by atoms with Gasteiger partial charge in [-0.15, -0.1) is 6.58 Å². The molecule has 0 aromatic rings. The lowest BCUT2D eigenvalue weighted by atomic mass is 10.3. The quantitative estimate of drug-likeness (QED) is 0.272. The molecular weight excluding hydrogens is 240 g/mol. The van der Waals surface area contributed by atoms with Crippen LogP contribution in [0.2, 0.25) is 0 Å². The minimum atomic E-state index is -0.105. The number of amides is 1. The van der Waals surface area contributed by atoms with Gasteiger partial charge < -0.3 is 10.6 Å². The molecule has 0 rings (SSSR count). The summed E-state index contributed by atoms with van der Waals surface area (Å²) in [7, 11) is 3.57. The Bertz CT molecular complexity index is 222. The Labute approximate surface area is 106 Å². The molecule has 2 N–H and O–H groups in total. The zero-order valence-corrected chi connectivity index (χ0v) is 11.3.